The van der Waals surface area contributed by atoms with Crippen molar-refractivity contribution in [3.05, 3.63) is 18.5 Å². The molecule has 0 aromatic carbocycles. The van der Waals surface area contributed by atoms with E-state index in [2.05, 4.69) is 20.3 Å². The molecule has 1 aromatic rings. The summed E-state index contributed by atoms with van der Waals surface area (Å²) in [4.78, 5) is 18.0. The molecule has 21 heavy (non-hydrogen) atoms. The maximum Gasteiger partial charge on any atom is 0.308 e. The molecule has 0 atom stereocenters. The van der Waals surface area contributed by atoms with Crippen LogP contribution in [0, 0.1) is 5.92 Å². The van der Waals surface area contributed by atoms with Crippen molar-refractivity contribution in [2.75, 3.05) is 33.8 Å². The van der Waals surface area contributed by atoms with Crippen LogP contribution in [0.4, 0.5) is 0 Å². The summed E-state index contributed by atoms with van der Waals surface area (Å²) in [7, 11) is 3.23. The Kier molecular flexibility index (Phi) is 5.59. The van der Waals surface area contributed by atoms with Gasteiger partial charge in [0.2, 0.25) is 0 Å². The monoisotopic (exact) mass is 293 g/mol. The minimum absolute atomic E-state index is 0.0217. The Labute approximate surface area is 125 Å². The number of guanidine groups is 1. The highest BCUT2D eigenvalue weighted by molar-refractivity contribution is 5.80. The van der Waals surface area contributed by atoms with Gasteiger partial charge in [-0.15, -0.1) is 0 Å². The Morgan fingerprint density at radius 2 is 2.24 bits per heavy atom. The summed E-state index contributed by atoms with van der Waals surface area (Å²) in [6, 6.07) is 1.91. The molecule has 1 aliphatic heterocycles. The zero-order valence-corrected chi connectivity index (χ0v) is 12.7. The quantitative estimate of drug-likeness (QED) is 0.492. The fourth-order valence-electron chi connectivity index (χ4n) is 2.54. The van der Waals surface area contributed by atoms with Crippen molar-refractivity contribution in [2.24, 2.45) is 10.9 Å². The number of hydrogen-bond donors (Lipinski definition) is 1. The number of aliphatic imine (C=N–C) groups is 1. The molecule has 0 amide bonds. The highest BCUT2D eigenvalue weighted by atomic mass is 16.5. The molecule has 1 saturated heterocycles. The molecule has 0 aliphatic carbocycles. The molecule has 1 N–H and O–H groups in total. The summed E-state index contributed by atoms with van der Waals surface area (Å²) in [5.41, 5.74) is 0. The number of ether oxygens (including phenoxy) is 1. The van der Waals surface area contributed by atoms with Crippen molar-refractivity contribution < 1.29 is 9.53 Å². The van der Waals surface area contributed by atoms with Gasteiger partial charge in [0.15, 0.2) is 5.96 Å². The fraction of sp³-hybridized carbons (Fsp3) is 0.643. The Morgan fingerprint density at radius 3 is 2.81 bits per heavy atom. The zero-order chi connectivity index (χ0) is 15.1. The number of carbonyl (C=O) groups is 1. The van der Waals surface area contributed by atoms with Crippen molar-refractivity contribution >= 4 is 11.9 Å². The predicted octanol–water partition coefficient (Wildman–Crippen LogP) is 0.343. The lowest BCUT2D eigenvalue weighted by molar-refractivity contribution is -0.146. The van der Waals surface area contributed by atoms with Crippen molar-refractivity contribution in [3.8, 4) is 0 Å². The second kappa shape index (κ2) is 7.66. The van der Waals surface area contributed by atoms with Crippen LogP contribution < -0.4 is 5.32 Å². The second-order valence-corrected chi connectivity index (χ2v) is 5.03. The standard InChI is InChI=1S/C14H23N5O2/c1-15-14(16-7-11-19-8-3-6-17-19)18-9-4-12(5-10-18)13(20)21-2/h3,6,8,12H,4-5,7,9-11H2,1-2H3,(H,15,16). The lowest BCUT2D eigenvalue weighted by Crippen LogP contribution is -2.47. The summed E-state index contributed by atoms with van der Waals surface area (Å²) in [6.45, 7) is 3.21. The molecule has 7 heteroatoms. The normalized spacial score (nSPS) is 16.9. The maximum absolute atomic E-state index is 11.5. The van der Waals surface area contributed by atoms with E-state index in [1.54, 1.807) is 13.2 Å². The third kappa shape index (κ3) is 4.21. The Balaban J connectivity index is 1.76. The minimum atomic E-state index is -0.101. The van der Waals surface area contributed by atoms with E-state index < -0.39 is 0 Å². The summed E-state index contributed by atoms with van der Waals surface area (Å²) in [5, 5.41) is 7.50. The zero-order valence-electron chi connectivity index (χ0n) is 12.7. The summed E-state index contributed by atoms with van der Waals surface area (Å²) in [6.07, 6.45) is 5.33. The second-order valence-electron chi connectivity index (χ2n) is 5.03. The van der Waals surface area contributed by atoms with Gasteiger partial charge in [0.1, 0.15) is 0 Å². The molecule has 1 fully saturated rings. The number of likely N-dealkylation sites (tertiary alicyclic amines) is 1. The number of esters is 1. The van der Waals surface area contributed by atoms with E-state index in [1.807, 2.05) is 16.9 Å². The molecular weight excluding hydrogens is 270 g/mol. The molecule has 0 radical (unpaired) electrons. The predicted molar refractivity (Wildman–Crippen MR) is 79.9 cm³/mol. The molecule has 0 spiro atoms. The first-order valence-electron chi connectivity index (χ1n) is 7.25. The first-order valence-corrected chi connectivity index (χ1v) is 7.25. The van der Waals surface area contributed by atoms with Gasteiger partial charge in [0.25, 0.3) is 0 Å². The third-order valence-electron chi connectivity index (χ3n) is 3.72. The Bertz CT molecular complexity index is 464. The number of nitrogens with zero attached hydrogens (tertiary/aromatic N) is 4. The van der Waals surface area contributed by atoms with E-state index in [-0.39, 0.29) is 11.9 Å². The van der Waals surface area contributed by atoms with Crippen LogP contribution in [0.2, 0.25) is 0 Å². The SMILES string of the molecule is CN=C(NCCn1cccn1)N1CCC(C(=O)OC)CC1. The average molecular weight is 293 g/mol. The van der Waals surface area contributed by atoms with Crippen LogP contribution >= 0.6 is 0 Å². The van der Waals surface area contributed by atoms with E-state index in [4.69, 9.17) is 4.74 Å². The first-order chi connectivity index (χ1) is 10.2. The van der Waals surface area contributed by atoms with Gasteiger partial charge in [0.05, 0.1) is 19.6 Å². The number of piperidine rings is 1. The lowest BCUT2D eigenvalue weighted by atomic mass is 9.97. The number of nitrogens with one attached hydrogen (secondary N) is 1. The Morgan fingerprint density at radius 1 is 1.48 bits per heavy atom. The summed E-state index contributed by atoms with van der Waals surface area (Å²) in [5.74, 6) is 0.801. The number of carbonyl (C=O) groups excluding carboxylic acids is 1. The van der Waals surface area contributed by atoms with Gasteiger partial charge >= 0.3 is 5.97 Å². The number of aromatic nitrogens is 2. The van der Waals surface area contributed by atoms with Gasteiger partial charge in [0, 0.05) is 39.1 Å². The van der Waals surface area contributed by atoms with Gasteiger partial charge < -0.3 is 15.0 Å². The van der Waals surface area contributed by atoms with E-state index in [9.17, 15) is 4.79 Å². The smallest absolute Gasteiger partial charge is 0.308 e. The number of hydrogen-bond acceptors (Lipinski definition) is 4. The minimum Gasteiger partial charge on any atom is -0.469 e. The molecule has 2 heterocycles. The summed E-state index contributed by atoms with van der Waals surface area (Å²) >= 11 is 0. The fourth-order valence-corrected chi connectivity index (χ4v) is 2.54. The van der Waals surface area contributed by atoms with Crippen molar-refractivity contribution in [1.82, 2.24) is 20.0 Å². The van der Waals surface area contributed by atoms with Crippen LogP contribution in [0.25, 0.3) is 0 Å². The number of rotatable bonds is 4. The largest absolute Gasteiger partial charge is 0.469 e. The molecule has 2 rings (SSSR count). The topological polar surface area (TPSA) is 71.8 Å². The Hall–Kier alpha value is -2.05. The van der Waals surface area contributed by atoms with Crippen LogP contribution in [0.5, 0.6) is 0 Å². The van der Waals surface area contributed by atoms with Crippen LogP contribution in [0.1, 0.15) is 12.8 Å². The summed E-state index contributed by atoms with van der Waals surface area (Å²) < 4.78 is 6.68. The molecule has 0 unspecified atom stereocenters. The van der Waals surface area contributed by atoms with Gasteiger partial charge in [-0.2, -0.15) is 5.10 Å². The first kappa shape index (κ1) is 15.3. The van der Waals surface area contributed by atoms with E-state index in [0.717, 1.165) is 45.0 Å². The lowest BCUT2D eigenvalue weighted by Gasteiger charge is -2.33. The van der Waals surface area contributed by atoms with Crippen LogP contribution in [-0.4, -0.2) is 60.4 Å². The molecule has 7 nitrogen and oxygen atoms in total. The number of methoxy groups -OCH3 is 1. The van der Waals surface area contributed by atoms with Gasteiger partial charge in [-0.3, -0.25) is 14.5 Å². The highest BCUT2D eigenvalue weighted by Crippen LogP contribution is 2.18. The maximum atomic E-state index is 11.5. The van der Waals surface area contributed by atoms with E-state index in [0.29, 0.717) is 0 Å². The third-order valence-corrected chi connectivity index (χ3v) is 3.72. The highest BCUT2D eigenvalue weighted by Gasteiger charge is 2.26. The molecule has 0 saturated carbocycles. The molecule has 1 aromatic heterocycles. The van der Waals surface area contributed by atoms with E-state index >= 15 is 0 Å². The van der Waals surface area contributed by atoms with Crippen molar-refractivity contribution in [2.45, 2.75) is 19.4 Å². The molecule has 1 aliphatic rings. The molecule has 0 bridgehead atoms. The van der Waals surface area contributed by atoms with Gasteiger partial charge in [-0.1, -0.05) is 0 Å². The van der Waals surface area contributed by atoms with Gasteiger partial charge in [-0.25, -0.2) is 0 Å². The van der Waals surface area contributed by atoms with E-state index in [1.165, 1.54) is 7.11 Å². The molecule has 116 valence electrons. The van der Waals surface area contributed by atoms with Gasteiger partial charge in [-0.05, 0) is 18.9 Å². The average Bonchev–Trinajstić information content (AvgIpc) is 3.04. The molecular formula is C14H23N5O2. The van der Waals surface area contributed by atoms with Crippen LogP contribution in [-0.2, 0) is 16.1 Å². The van der Waals surface area contributed by atoms with Crippen LogP contribution in [0.15, 0.2) is 23.5 Å². The van der Waals surface area contributed by atoms with Crippen LogP contribution in [0.3, 0.4) is 0 Å². The van der Waals surface area contributed by atoms with Crippen molar-refractivity contribution in [3.63, 3.8) is 0 Å². The van der Waals surface area contributed by atoms with Crippen molar-refractivity contribution in [1.29, 1.82) is 0 Å².